The summed E-state index contributed by atoms with van der Waals surface area (Å²) < 4.78 is 5.65. The number of oxazole rings is 1. The van der Waals surface area contributed by atoms with Crippen LogP contribution >= 0.6 is 12.4 Å². The van der Waals surface area contributed by atoms with E-state index in [1.54, 1.807) is 6.92 Å². The normalized spacial score (nSPS) is 11.9. The van der Waals surface area contributed by atoms with E-state index >= 15 is 0 Å². The Morgan fingerprint density at radius 3 is 2.52 bits per heavy atom. The Balaban J connectivity index is 0.00000264. The zero-order valence-electron chi connectivity index (χ0n) is 13.7. The van der Waals surface area contributed by atoms with E-state index in [9.17, 15) is 4.79 Å². The number of benzene rings is 1. The second kappa shape index (κ2) is 8.70. The Kier molecular flexibility index (Phi) is 7.26. The molecular weight excluding hydrogens is 314 g/mol. The average molecular weight is 338 g/mol. The van der Waals surface area contributed by atoms with Gasteiger partial charge in [0.05, 0.1) is 5.69 Å². The van der Waals surface area contributed by atoms with Crippen LogP contribution in [0.3, 0.4) is 0 Å². The molecule has 0 fully saturated rings. The van der Waals surface area contributed by atoms with Gasteiger partial charge in [-0.1, -0.05) is 32.0 Å². The van der Waals surface area contributed by atoms with Gasteiger partial charge in [-0.2, -0.15) is 0 Å². The fourth-order valence-electron chi connectivity index (χ4n) is 2.35. The second-order valence-electron chi connectivity index (χ2n) is 5.84. The number of carbonyl (C=O) groups is 1. The Bertz CT molecular complexity index is 626. The first-order valence-corrected chi connectivity index (χ1v) is 7.55. The number of nitrogens with zero attached hydrogens (tertiary/aromatic N) is 1. The van der Waals surface area contributed by atoms with Crippen molar-refractivity contribution in [3.8, 4) is 11.5 Å². The molecule has 1 amide bonds. The predicted molar refractivity (Wildman–Crippen MR) is 93.7 cm³/mol. The third kappa shape index (κ3) is 5.08. The zero-order chi connectivity index (χ0) is 16.1. The molecule has 2 aromatic rings. The Labute approximate surface area is 143 Å². The van der Waals surface area contributed by atoms with Crippen LogP contribution in [0.1, 0.15) is 36.5 Å². The number of aryl methyl sites for hydroxylation is 1. The van der Waals surface area contributed by atoms with Crippen LogP contribution in [0.15, 0.2) is 34.7 Å². The molecule has 126 valence electrons. The maximum Gasteiger partial charge on any atom is 0.289 e. The van der Waals surface area contributed by atoms with E-state index in [0.717, 1.165) is 12.0 Å². The second-order valence-corrected chi connectivity index (χ2v) is 5.84. The molecular formula is C17H24ClN3O2. The first-order chi connectivity index (χ1) is 10.5. The maximum atomic E-state index is 12.4. The van der Waals surface area contributed by atoms with Crippen LogP contribution in [0, 0.1) is 12.8 Å². The number of halogens is 1. The molecule has 5 nitrogen and oxygen atoms in total. The van der Waals surface area contributed by atoms with Gasteiger partial charge in [0.1, 0.15) is 0 Å². The Hall–Kier alpha value is -1.85. The Morgan fingerprint density at radius 2 is 1.96 bits per heavy atom. The molecule has 0 aliphatic carbocycles. The third-order valence-corrected chi connectivity index (χ3v) is 3.40. The van der Waals surface area contributed by atoms with Gasteiger partial charge in [-0.25, -0.2) is 4.98 Å². The monoisotopic (exact) mass is 337 g/mol. The topological polar surface area (TPSA) is 81.2 Å². The van der Waals surface area contributed by atoms with Crippen molar-refractivity contribution >= 4 is 18.3 Å². The van der Waals surface area contributed by atoms with E-state index in [0.29, 0.717) is 24.0 Å². The van der Waals surface area contributed by atoms with Crippen molar-refractivity contribution in [2.45, 2.75) is 33.2 Å². The van der Waals surface area contributed by atoms with Crippen LogP contribution in [-0.2, 0) is 0 Å². The summed E-state index contributed by atoms with van der Waals surface area (Å²) in [7, 11) is 0. The molecule has 1 heterocycles. The minimum atomic E-state index is -0.261. The summed E-state index contributed by atoms with van der Waals surface area (Å²) in [5, 5.41) is 2.92. The van der Waals surface area contributed by atoms with Crippen molar-refractivity contribution in [1.29, 1.82) is 0 Å². The number of nitrogens with two attached hydrogens (primary N) is 1. The van der Waals surface area contributed by atoms with Gasteiger partial charge in [0.2, 0.25) is 11.7 Å². The molecule has 1 aromatic carbocycles. The summed E-state index contributed by atoms with van der Waals surface area (Å²) in [6, 6.07) is 9.47. The molecule has 1 aromatic heterocycles. The van der Waals surface area contributed by atoms with Gasteiger partial charge >= 0.3 is 0 Å². The summed E-state index contributed by atoms with van der Waals surface area (Å²) in [6.07, 6.45) is 0.834. The minimum absolute atomic E-state index is 0. The highest BCUT2D eigenvalue weighted by atomic mass is 35.5. The molecule has 0 saturated carbocycles. The van der Waals surface area contributed by atoms with Crippen molar-refractivity contribution in [2.75, 3.05) is 6.54 Å². The van der Waals surface area contributed by atoms with Crippen LogP contribution < -0.4 is 11.1 Å². The molecule has 0 radical (unpaired) electrons. The van der Waals surface area contributed by atoms with Crippen molar-refractivity contribution in [2.24, 2.45) is 11.7 Å². The predicted octanol–water partition coefficient (Wildman–Crippen LogP) is 3.18. The molecule has 1 unspecified atom stereocenters. The SMILES string of the molecule is Cc1nc(-c2ccccc2)oc1C(=O)NC(CN)CC(C)C.Cl. The maximum absolute atomic E-state index is 12.4. The molecule has 0 saturated heterocycles. The van der Waals surface area contributed by atoms with E-state index in [1.807, 2.05) is 30.3 Å². The molecule has 0 aliphatic heterocycles. The molecule has 6 heteroatoms. The van der Waals surface area contributed by atoms with E-state index in [1.165, 1.54) is 0 Å². The van der Waals surface area contributed by atoms with E-state index < -0.39 is 0 Å². The highest BCUT2D eigenvalue weighted by molar-refractivity contribution is 5.93. The van der Waals surface area contributed by atoms with Gasteiger partial charge in [-0.15, -0.1) is 12.4 Å². The molecule has 2 rings (SSSR count). The number of aromatic nitrogens is 1. The number of carbonyl (C=O) groups excluding carboxylic acids is 1. The van der Waals surface area contributed by atoms with Crippen LogP contribution in [0.5, 0.6) is 0 Å². The first kappa shape index (κ1) is 19.2. The minimum Gasteiger partial charge on any atom is -0.431 e. The summed E-state index contributed by atoms with van der Waals surface area (Å²) in [6.45, 7) is 6.37. The van der Waals surface area contributed by atoms with Crippen molar-refractivity contribution in [1.82, 2.24) is 10.3 Å². The van der Waals surface area contributed by atoms with E-state index in [4.69, 9.17) is 10.2 Å². The van der Waals surface area contributed by atoms with Gasteiger partial charge in [-0.05, 0) is 31.4 Å². The zero-order valence-corrected chi connectivity index (χ0v) is 14.5. The molecule has 0 spiro atoms. The van der Waals surface area contributed by atoms with Crippen LogP contribution in [-0.4, -0.2) is 23.5 Å². The van der Waals surface area contributed by atoms with Gasteiger partial charge in [0.25, 0.3) is 5.91 Å². The fourth-order valence-corrected chi connectivity index (χ4v) is 2.35. The lowest BCUT2D eigenvalue weighted by Gasteiger charge is -2.18. The summed E-state index contributed by atoms with van der Waals surface area (Å²) >= 11 is 0. The van der Waals surface area contributed by atoms with Gasteiger partial charge in [0, 0.05) is 18.2 Å². The van der Waals surface area contributed by atoms with E-state index in [2.05, 4.69) is 24.1 Å². The fraction of sp³-hybridized carbons (Fsp3) is 0.412. The average Bonchev–Trinajstić information content (AvgIpc) is 2.89. The van der Waals surface area contributed by atoms with Gasteiger partial charge in [0.15, 0.2) is 0 Å². The number of rotatable bonds is 6. The number of hydrogen-bond acceptors (Lipinski definition) is 4. The molecule has 1 atom stereocenters. The lowest BCUT2D eigenvalue weighted by Crippen LogP contribution is -2.41. The number of amides is 1. The van der Waals surface area contributed by atoms with Crippen molar-refractivity contribution < 1.29 is 9.21 Å². The highest BCUT2D eigenvalue weighted by Crippen LogP contribution is 2.21. The quantitative estimate of drug-likeness (QED) is 0.848. The number of nitrogens with one attached hydrogen (secondary N) is 1. The summed E-state index contributed by atoms with van der Waals surface area (Å²) in [5.41, 5.74) is 7.15. The van der Waals surface area contributed by atoms with Crippen LogP contribution in [0.25, 0.3) is 11.5 Å². The standard InChI is InChI=1S/C17H23N3O2.ClH/c1-11(2)9-14(10-18)20-16(21)15-12(3)19-17(22-15)13-7-5-4-6-8-13;/h4-8,11,14H,9-10,18H2,1-3H3,(H,20,21);1H. The van der Waals surface area contributed by atoms with Crippen LogP contribution in [0.2, 0.25) is 0 Å². The molecule has 0 bridgehead atoms. The summed E-state index contributed by atoms with van der Waals surface area (Å²) in [5.74, 6) is 0.908. The number of hydrogen-bond donors (Lipinski definition) is 2. The molecule has 23 heavy (non-hydrogen) atoms. The lowest BCUT2D eigenvalue weighted by atomic mass is 10.0. The third-order valence-electron chi connectivity index (χ3n) is 3.40. The molecule has 3 N–H and O–H groups in total. The van der Waals surface area contributed by atoms with Crippen molar-refractivity contribution in [3.63, 3.8) is 0 Å². The lowest BCUT2D eigenvalue weighted by molar-refractivity contribution is 0.0905. The van der Waals surface area contributed by atoms with E-state index in [-0.39, 0.29) is 30.1 Å². The van der Waals surface area contributed by atoms with Gasteiger partial charge < -0.3 is 15.5 Å². The smallest absolute Gasteiger partial charge is 0.289 e. The highest BCUT2D eigenvalue weighted by Gasteiger charge is 2.21. The molecule has 0 aliphatic rings. The van der Waals surface area contributed by atoms with Crippen molar-refractivity contribution in [3.05, 3.63) is 41.8 Å². The summed E-state index contributed by atoms with van der Waals surface area (Å²) in [4.78, 5) is 16.7. The largest absolute Gasteiger partial charge is 0.431 e. The Morgan fingerprint density at radius 1 is 1.30 bits per heavy atom. The first-order valence-electron chi connectivity index (χ1n) is 7.55. The van der Waals surface area contributed by atoms with Crippen LogP contribution in [0.4, 0.5) is 0 Å². The van der Waals surface area contributed by atoms with Gasteiger partial charge in [-0.3, -0.25) is 4.79 Å².